The summed E-state index contributed by atoms with van der Waals surface area (Å²) in [6.07, 6.45) is 5.48. The number of rotatable bonds is 8. The molecule has 1 unspecified atom stereocenters. The van der Waals surface area contributed by atoms with Crippen LogP contribution in [0.5, 0.6) is 0 Å². The third kappa shape index (κ3) is 5.14. The molecular weight excluding hydrogens is 400 g/mol. The molecule has 2 amide bonds. The fourth-order valence-electron chi connectivity index (χ4n) is 4.00. The molecule has 3 aromatic rings. The van der Waals surface area contributed by atoms with Gasteiger partial charge in [-0.15, -0.1) is 0 Å². The van der Waals surface area contributed by atoms with E-state index in [0.29, 0.717) is 13.1 Å². The zero-order chi connectivity index (χ0) is 22.5. The van der Waals surface area contributed by atoms with Gasteiger partial charge in [0.05, 0.1) is 5.69 Å². The number of hydrogen-bond acceptors (Lipinski definition) is 3. The first kappa shape index (κ1) is 21.6. The van der Waals surface area contributed by atoms with Crippen molar-refractivity contribution in [1.82, 2.24) is 20.4 Å². The number of carbonyl (C=O) groups is 2. The van der Waals surface area contributed by atoms with Gasteiger partial charge in [-0.05, 0) is 47.7 Å². The average molecular weight is 429 g/mol. The van der Waals surface area contributed by atoms with Crippen LogP contribution in [0, 0.1) is 12.8 Å². The number of aromatic nitrogens is 2. The predicted octanol–water partition coefficient (Wildman–Crippen LogP) is 3.09. The highest BCUT2D eigenvalue weighted by molar-refractivity contribution is 6.00. The van der Waals surface area contributed by atoms with E-state index in [-0.39, 0.29) is 18.2 Å². The Morgan fingerprint density at radius 2 is 1.72 bits per heavy atom. The molecular formula is C26H28N4O2. The second-order valence-corrected chi connectivity index (χ2v) is 8.22. The normalized spacial score (nSPS) is 12.9. The van der Waals surface area contributed by atoms with Gasteiger partial charge in [-0.3, -0.25) is 14.3 Å². The number of benzene rings is 2. The first-order valence-electron chi connectivity index (χ1n) is 10.9. The lowest BCUT2D eigenvalue weighted by Gasteiger charge is -2.17. The van der Waals surface area contributed by atoms with Gasteiger partial charge in [0.2, 0.25) is 11.8 Å². The maximum atomic E-state index is 13.1. The predicted molar refractivity (Wildman–Crippen MR) is 124 cm³/mol. The molecule has 0 spiro atoms. The first-order valence-corrected chi connectivity index (χ1v) is 10.9. The minimum absolute atomic E-state index is 0.287. The van der Waals surface area contributed by atoms with Gasteiger partial charge in [-0.25, -0.2) is 0 Å². The van der Waals surface area contributed by atoms with Crippen molar-refractivity contribution in [3.05, 3.63) is 94.3 Å². The Hall–Kier alpha value is -3.67. The highest BCUT2D eigenvalue weighted by Gasteiger charge is 2.28. The summed E-state index contributed by atoms with van der Waals surface area (Å²) in [4.78, 5) is 26.1. The second-order valence-electron chi connectivity index (χ2n) is 8.22. The minimum atomic E-state index is -0.845. The Labute approximate surface area is 188 Å². The maximum absolute atomic E-state index is 13.1. The van der Waals surface area contributed by atoms with E-state index < -0.39 is 5.92 Å². The number of nitrogens with zero attached hydrogens (tertiary/aromatic N) is 2. The Morgan fingerprint density at radius 3 is 2.41 bits per heavy atom. The van der Waals surface area contributed by atoms with Crippen LogP contribution in [-0.4, -0.2) is 21.6 Å². The Bertz CT molecular complexity index is 1150. The molecule has 6 nitrogen and oxygen atoms in total. The largest absolute Gasteiger partial charge is 0.351 e. The topological polar surface area (TPSA) is 76.0 Å². The van der Waals surface area contributed by atoms with E-state index in [1.165, 1.54) is 11.1 Å². The number of allylic oxidation sites excluding steroid dienone is 1. The van der Waals surface area contributed by atoms with Crippen molar-refractivity contribution in [2.24, 2.45) is 13.0 Å². The van der Waals surface area contributed by atoms with E-state index in [4.69, 9.17) is 0 Å². The molecule has 0 radical (unpaired) electrons. The zero-order valence-electron chi connectivity index (χ0n) is 18.5. The fourth-order valence-corrected chi connectivity index (χ4v) is 4.00. The molecule has 1 heterocycles. The van der Waals surface area contributed by atoms with Gasteiger partial charge in [0.25, 0.3) is 0 Å². The van der Waals surface area contributed by atoms with Gasteiger partial charge in [-0.1, -0.05) is 54.6 Å². The molecule has 1 atom stereocenters. The quantitative estimate of drug-likeness (QED) is 0.542. The molecule has 2 N–H and O–H groups in total. The molecule has 0 aliphatic heterocycles. The van der Waals surface area contributed by atoms with E-state index in [2.05, 4.69) is 40.0 Å². The summed E-state index contributed by atoms with van der Waals surface area (Å²) in [6, 6.07) is 17.8. The van der Waals surface area contributed by atoms with E-state index in [1.54, 1.807) is 4.68 Å². The number of fused-ring (bicyclic) bond motifs is 1. The van der Waals surface area contributed by atoms with E-state index in [1.807, 2.05) is 56.4 Å². The van der Waals surface area contributed by atoms with Crippen LogP contribution < -0.4 is 10.6 Å². The monoisotopic (exact) mass is 428 g/mol. The molecule has 0 bridgehead atoms. The van der Waals surface area contributed by atoms with Gasteiger partial charge in [-0.2, -0.15) is 5.10 Å². The lowest BCUT2D eigenvalue weighted by molar-refractivity contribution is -0.135. The second kappa shape index (κ2) is 9.64. The number of hydrogen-bond donors (Lipinski definition) is 2. The molecule has 4 rings (SSSR count). The highest BCUT2D eigenvalue weighted by Crippen LogP contribution is 2.20. The summed E-state index contributed by atoms with van der Waals surface area (Å²) in [5.41, 5.74) is 6.20. The third-order valence-corrected chi connectivity index (χ3v) is 5.77. The molecule has 0 fully saturated rings. The third-order valence-electron chi connectivity index (χ3n) is 5.77. The molecule has 32 heavy (non-hydrogen) atoms. The Morgan fingerprint density at radius 1 is 1.00 bits per heavy atom. The standard InChI is InChI=1S/C26H28N4O2/c1-18-13-23(30(2)29-18)15-24(25(31)27-16-19-7-4-3-5-8-19)26(32)28-17-20-11-12-21-9-6-10-22(21)14-20/h3-8,10-14,24H,9,15-17H2,1-2H3,(H,27,31)(H,28,32). The van der Waals surface area contributed by atoms with Crippen LogP contribution in [0.15, 0.2) is 60.7 Å². The number of carbonyl (C=O) groups excluding carboxylic acids is 2. The van der Waals surface area contributed by atoms with E-state index >= 15 is 0 Å². The average Bonchev–Trinajstić information content (AvgIpc) is 3.39. The summed E-state index contributed by atoms with van der Waals surface area (Å²) < 4.78 is 1.73. The van der Waals surface area contributed by atoms with Crippen LogP contribution in [0.25, 0.3) is 6.08 Å². The summed E-state index contributed by atoms with van der Waals surface area (Å²) >= 11 is 0. The first-order chi connectivity index (χ1) is 15.5. The lowest BCUT2D eigenvalue weighted by atomic mass is 10.00. The van der Waals surface area contributed by atoms with Crippen LogP contribution in [0.4, 0.5) is 0 Å². The van der Waals surface area contributed by atoms with E-state index in [0.717, 1.165) is 28.9 Å². The zero-order valence-corrected chi connectivity index (χ0v) is 18.5. The molecule has 1 aliphatic rings. The Kier molecular flexibility index (Phi) is 6.50. The molecule has 1 aliphatic carbocycles. The number of amides is 2. The van der Waals surface area contributed by atoms with Crippen molar-refractivity contribution in [2.45, 2.75) is 32.9 Å². The van der Waals surface area contributed by atoms with Crippen LogP contribution in [0.2, 0.25) is 0 Å². The number of nitrogens with one attached hydrogen (secondary N) is 2. The van der Waals surface area contributed by atoms with Crippen LogP contribution in [-0.2, 0) is 42.6 Å². The van der Waals surface area contributed by atoms with Crippen molar-refractivity contribution in [3.63, 3.8) is 0 Å². The molecule has 0 saturated heterocycles. The van der Waals surface area contributed by atoms with Crippen LogP contribution in [0.3, 0.4) is 0 Å². The summed E-state index contributed by atoms with van der Waals surface area (Å²) in [5.74, 6) is -1.42. The van der Waals surface area contributed by atoms with Gasteiger partial charge < -0.3 is 10.6 Å². The van der Waals surface area contributed by atoms with Crippen molar-refractivity contribution in [1.29, 1.82) is 0 Å². The van der Waals surface area contributed by atoms with Gasteiger partial charge >= 0.3 is 0 Å². The highest BCUT2D eigenvalue weighted by atomic mass is 16.2. The van der Waals surface area contributed by atoms with Crippen molar-refractivity contribution in [2.75, 3.05) is 0 Å². The van der Waals surface area contributed by atoms with Gasteiger partial charge in [0.15, 0.2) is 0 Å². The van der Waals surface area contributed by atoms with E-state index in [9.17, 15) is 9.59 Å². The SMILES string of the molecule is Cc1cc(CC(C(=O)NCc2ccccc2)C(=O)NCc2ccc3c(c2)C=CC3)n(C)n1. The van der Waals surface area contributed by atoms with Crippen molar-refractivity contribution >= 4 is 17.9 Å². The molecule has 0 saturated carbocycles. The van der Waals surface area contributed by atoms with Crippen molar-refractivity contribution < 1.29 is 9.59 Å². The van der Waals surface area contributed by atoms with Gasteiger partial charge in [0, 0.05) is 32.3 Å². The molecule has 1 aromatic heterocycles. The minimum Gasteiger partial charge on any atom is -0.351 e. The Balaban J connectivity index is 1.45. The summed E-state index contributed by atoms with van der Waals surface area (Å²) in [6.45, 7) is 2.66. The molecule has 164 valence electrons. The fraction of sp³-hybridized carbons (Fsp3) is 0.269. The smallest absolute Gasteiger partial charge is 0.233 e. The molecule has 2 aromatic carbocycles. The number of aryl methyl sites for hydroxylation is 2. The summed E-state index contributed by atoms with van der Waals surface area (Å²) in [7, 11) is 1.83. The maximum Gasteiger partial charge on any atom is 0.233 e. The van der Waals surface area contributed by atoms with Crippen molar-refractivity contribution in [3.8, 4) is 0 Å². The van der Waals surface area contributed by atoms with Crippen LogP contribution >= 0.6 is 0 Å². The summed E-state index contributed by atoms with van der Waals surface area (Å²) in [5, 5.41) is 10.2. The van der Waals surface area contributed by atoms with Crippen LogP contribution in [0.1, 0.15) is 33.6 Å². The molecule has 6 heteroatoms. The lowest BCUT2D eigenvalue weighted by Crippen LogP contribution is -2.42. The van der Waals surface area contributed by atoms with Gasteiger partial charge in [0.1, 0.15) is 5.92 Å².